The van der Waals surface area contributed by atoms with Crippen LogP contribution in [-0.4, -0.2) is 18.4 Å². The van der Waals surface area contributed by atoms with Crippen molar-refractivity contribution in [2.75, 3.05) is 6.54 Å². The highest BCUT2D eigenvalue weighted by molar-refractivity contribution is 14.1. The summed E-state index contributed by atoms with van der Waals surface area (Å²) in [6, 6.07) is 8.34. The topological polar surface area (TPSA) is 29.1 Å². The first kappa shape index (κ1) is 12.6. The van der Waals surface area contributed by atoms with E-state index >= 15 is 0 Å². The normalized spacial score (nSPS) is 30.4. The molecule has 3 rings (SSSR count). The minimum Gasteiger partial charge on any atom is -0.313 e. The second-order valence-electron chi connectivity index (χ2n) is 5.50. The highest BCUT2D eigenvalue weighted by Gasteiger charge is 2.39. The van der Waals surface area contributed by atoms with Crippen LogP contribution in [-0.2, 0) is 0 Å². The maximum absolute atomic E-state index is 12.3. The van der Waals surface area contributed by atoms with E-state index in [0.717, 1.165) is 23.9 Å². The fourth-order valence-corrected chi connectivity index (χ4v) is 3.84. The molecule has 3 unspecified atom stereocenters. The predicted molar refractivity (Wildman–Crippen MR) is 80.7 cm³/mol. The molecule has 3 heteroatoms. The molecular weight excluding hydrogens is 337 g/mol. The number of hydrogen-bond acceptors (Lipinski definition) is 2. The number of Topliss-reactive ketones (excluding diaryl/α,β-unsaturated/α-hetero) is 1. The molecule has 0 bridgehead atoms. The molecule has 0 spiro atoms. The van der Waals surface area contributed by atoms with E-state index in [4.69, 9.17) is 0 Å². The van der Waals surface area contributed by atoms with Crippen LogP contribution in [0, 0.1) is 15.4 Å². The maximum atomic E-state index is 12.3. The Balaban J connectivity index is 1.66. The van der Waals surface area contributed by atoms with Gasteiger partial charge in [-0.1, -0.05) is 18.6 Å². The van der Waals surface area contributed by atoms with Crippen LogP contribution in [0.25, 0.3) is 0 Å². The smallest absolute Gasteiger partial charge is 0.164 e. The molecule has 1 aromatic rings. The zero-order chi connectivity index (χ0) is 12.5. The molecule has 3 atom stereocenters. The lowest BCUT2D eigenvalue weighted by Gasteiger charge is -2.17. The second-order valence-corrected chi connectivity index (χ2v) is 6.75. The van der Waals surface area contributed by atoms with Crippen LogP contribution < -0.4 is 5.32 Å². The van der Waals surface area contributed by atoms with Gasteiger partial charge in [-0.15, -0.1) is 0 Å². The number of nitrogens with one attached hydrogen (secondary N) is 1. The first-order valence-electron chi connectivity index (χ1n) is 6.76. The number of benzene rings is 1. The monoisotopic (exact) mass is 355 g/mol. The molecule has 2 fully saturated rings. The average Bonchev–Trinajstić information content (AvgIpc) is 2.95. The SMILES string of the molecule is O=C(CC1NCC2CCCC21)c1ccc(I)cc1. The van der Waals surface area contributed by atoms with E-state index in [0.29, 0.717) is 12.5 Å². The van der Waals surface area contributed by atoms with Gasteiger partial charge in [0.05, 0.1) is 0 Å². The molecule has 1 aromatic carbocycles. The van der Waals surface area contributed by atoms with Crippen molar-refractivity contribution >= 4 is 28.4 Å². The summed E-state index contributed by atoms with van der Waals surface area (Å²) in [5, 5.41) is 3.55. The Labute approximate surface area is 122 Å². The minimum absolute atomic E-state index is 0.288. The van der Waals surface area contributed by atoms with Crippen LogP contribution in [0.15, 0.2) is 24.3 Å². The third kappa shape index (κ3) is 2.48. The summed E-state index contributed by atoms with van der Waals surface area (Å²) in [6.45, 7) is 1.12. The number of fused-ring (bicyclic) bond motifs is 1. The van der Waals surface area contributed by atoms with E-state index in [1.807, 2.05) is 24.3 Å². The standard InChI is InChI=1S/C15H18INO/c16-12-6-4-10(5-7-12)15(18)8-14-13-3-1-2-11(13)9-17-14/h4-7,11,13-14,17H,1-3,8-9H2. The Morgan fingerprint density at radius 1 is 1.28 bits per heavy atom. The van der Waals surface area contributed by atoms with Crippen molar-refractivity contribution in [2.45, 2.75) is 31.7 Å². The van der Waals surface area contributed by atoms with Gasteiger partial charge in [-0.3, -0.25) is 4.79 Å². The largest absolute Gasteiger partial charge is 0.313 e. The van der Waals surface area contributed by atoms with Gasteiger partial charge in [0.2, 0.25) is 0 Å². The van der Waals surface area contributed by atoms with Gasteiger partial charge >= 0.3 is 0 Å². The molecule has 2 nitrogen and oxygen atoms in total. The van der Waals surface area contributed by atoms with E-state index in [-0.39, 0.29) is 5.78 Å². The molecule has 0 amide bonds. The van der Waals surface area contributed by atoms with Gasteiger partial charge in [-0.25, -0.2) is 0 Å². The zero-order valence-electron chi connectivity index (χ0n) is 10.4. The molecule has 2 aliphatic rings. The lowest BCUT2D eigenvalue weighted by atomic mass is 9.90. The summed E-state index contributed by atoms with van der Waals surface area (Å²) in [7, 11) is 0. The van der Waals surface area contributed by atoms with Gasteiger partial charge in [0, 0.05) is 21.6 Å². The summed E-state index contributed by atoms with van der Waals surface area (Å²) in [5.74, 6) is 1.87. The van der Waals surface area contributed by atoms with E-state index in [9.17, 15) is 4.79 Å². The molecule has 96 valence electrons. The third-order valence-corrected chi connectivity index (χ3v) is 5.17. The number of carbonyl (C=O) groups is 1. The molecule has 0 aromatic heterocycles. The van der Waals surface area contributed by atoms with Crippen molar-refractivity contribution in [1.82, 2.24) is 5.32 Å². The van der Waals surface area contributed by atoms with E-state index in [1.165, 1.54) is 22.8 Å². The van der Waals surface area contributed by atoms with Crippen molar-refractivity contribution in [2.24, 2.45) is 11.8 Å². The molecule has 18 heavy (non-hydrogen) atoms. The Morgan fingerprint density at radius 2 is 2.06 bits per heavy atom. The first-order valence-corrected chi connectivity index (χ1v) is 7.84. The van der Waals surface area contributed by atoms with Gasteiger partial charge in [0.15, 0.2) is 5.78 Å². The van der Waals surface area contributed by atoms with Crippen LogP contribution in [0.5, 0.6) is 0 Å². The average molecular weight is 355 g/mol. The fraction of sp³-hybridized carbons (Fsp3) is 0.533. The lowest BCUT2D eigenvalue weighted by molar-refractivity contribution is 0.0963. The van der Waals surface area contributed by atoms with Crippen molar-refractivity contribution in [3.63, 3.8) is 0 Å². The first-order chi connectivity index (χ1) is 8.74. The van der Waals surface area contributed by atoms with Crippen LogP contribution in [0.3, 0.4) is 0 Å². The molecule has 1 aliphatic heterocycles. The van der Waals surface area contributed by atoms with Crippen LogP contribution in [0.2, 0.25) is 0 Å². The van der Waals surface area contributed by atoms with Gasteiger partial charge in [0.25, 0.3) is 0 Å². The summed E-state index contributed by atoms with van der Waals surface area (Å²) in [6.07, 6.45) is 4.68. The fourth-order valence-electron chi connectivity index (χ4n) is 3.48. The molecule has 1 saturated carbocycles. The van der Waals surface area contributed by atoms with E-state index in [2.05, 4.69) is 27.9 Å². The summed E-state index contributed by atoms with van der Waals surface area (Å²) in [4.78, 5) is 12.3. The van der Waals surface area contributed by atoms with E-state index < -0.39 is 0 Å². The number of ketones is 1. The molecule has 1 aliphatic carbocycles. The molecule has 1 saturated heterocycles. The van der Waals surface area contributed by atoms with Gasteiger partial charge in [0.1, 0.15) is 0 Å². The molecule has 0 radical (unpaired) electrons. The van der Waals surface area contributed by atoms with Crippen molar-refractivity contribution in [3.05, 3.63) is 33.4 Å². The molecule has 1 heterocycles. The third-order valence-electron chi connectivity index (χ3n) is 4.45. The summed E-state index contributed by atoms with van der Waals surface area (Å²) < 4.78 is 1.18. The molecule has 1 N–H and O–H groups in total. The number of rotatable bonds is 3. The lowest BCUT2D eigenvalue weighted by Crippen LogP contribution is -2.29. The minimum atomic E-state index is 0.288. The maximum Gasteiger partial charge on any atom is 0.164 e. The van der Waals surface area contributed by atoms with Crippen LogP contribution in [0.4, 0.5) is 0 Å². The van der Waals surface area contributed by atoms with Crippen LogP contribution in [0.1, 0.15) is 36.0 Å². The van der Waals surface area contributed by atoms with Crippen molar-refractivity contribution in [3.8, 4) is 0 Å². The number of carbonyl (C=O) groups excluding carboxylic acids is 1. The molecular formula is C15H18INO. The Hall–Kier alpha value is -0.420. The zero-order valence-corrected chi connectivity index (χ0v) is 12.5. The Kier molecular flexibility index (Phi) is 3.71. The van der Waals surface area contributed by atoms with Gasteiger partial charge < -0.3 is 5.32 Å². The van der Waals surface area contributed by atoms with Gasteiger partial charge in [-0.05, 0) is 65.9 Å². The van der Waals surface area contributed by atoms with Crippen molar-refractivity contribution in [1.29, 1.82) is 0 Å². The summed E-state index contributed by atoms with van der Waals surface area (Å²) in [5.41, 5.74) is 0.860. The number of halogens is 1. The second kappa shape index (κ2) is 5.29. The van der Waals surface area contributed by atoms with Crippen LogP contribution >= 0.6 is 22.6 Å². The Bertz CT molecular complexity index is 442. The predicted octanol–water partition coefficient (Wildman–Crippen LogP) is 3.25. The number of hydrogen-bond donors (Lipinski definition) is 1. The summed E-state index contributed by atoms with van der Waals surface area (Å²) >= 11 is 2.27. The Morgan fingerprint density at radius 3 is 2.83 bits per heavy atom. The van der Waals surface area contributed by atoms with Crippen molar-refractivity contribution < 1.29 is 4.79 Å². The highest BCUT2D eigenvalue weighted by Crippen LogP contribution is 2.38. The highest BCUT2D eigenvalue weighted by atomic mass is 127. The van der Waals surface area contributed by atoms with E-state index in [1.54, 1.807) is 0 Å². The quantitative estimate of drug-likeness (QED) is 0.666. The van der Waals surface area contributed by atoms with Gasteiger partial charge in [-0.2, -0.15) is 0 Å².